The van der Waals surface area contributed by atoms with Crippen molar-refractivity contribution in [2.75, 3.05) is 24.3 Å². The average Bonchev–Trinajstić information content (AvgIpc) is 2.94. The molecule has 1 aliphatic heterocycles. The Morgan fingerprint density at radius 3 is 2.52 bits per heavy atom. The minimum atomic E-state index is -0.213. The van der Waals surface area contributed by atoms with Gasteiger partial charge in [-0.3, -0.25) is 14.9 Å². The van der Waals surface area contributed by atoms with Crippen molar-refractivity contribution in [2.24, 2.45) is 0 Å². The maximum absolute atomic E-state index is 12.6. The number of anilines is 2. The summed E-state index contributed by atoms with van der Waals surface area (Å²) in [7, 11) is 1.60. The predicted octanol–water partition coefficient (Wildman–Crippen LogP) is 3.66. The highest BCUT2D eigenvalue weighted by Gasteiger charge is 2.31. The van der Waals surface area contributed by atoms with Gasteiger partial charge in [0.05, 0.1) is 24.4 Å². The zero-order valence-corrected chi connectivity index (χ0v) is 15.9. The second-order valence-electron chi connectivity index (χ2n) is 5.54. The minimum Gasteiger partial charge on any atom is -0.733 e. The number of thiocarbonyl (C=S) groups is 1. The van der Waals surface area contributed by atoms with Crippen LogP contribution in [0.4, 0.5) is 11.4 Å². The summed E-state index contributed by atoms with van der Waals surface area (Å²) in [5.41, 5.74) is 1.69. The summed E-state index contributed by atoms with van der Waals surface area (Å²) in [5.74, 6) is 0.572. The molecule has 1 saturated heterocycles. The molecule has 0 aliphatic carbocycles. The van der Waals surface area contributed by atoms with Crippen molar-refractivity contribution >= 4 is 51.7 Å². The molecular formula is C18H16N3O4S2-. The van der Waals surface area contributed by atoms with Crippen LogP contribution in [0.3, 0.4) is 0 Å². The summed E-state index contributed by atoms with van der Waals surface area (Å²) in [6.45, 7) is 0.199. The lowest BCUT2D eigenvalue weighted by Crippen LogP contribution is -2.33. The van der Waals surface area contributed by atoms with Crippen LogP contribution in [0, 0.1) is 5.21 Å². The Kier molecular flexibility index (Phi) is 5.97. The predicted molar refractivity (Wildman–Crippen MR) is 111 cm³/mol. The van der Waals surface area contributed by atoms with Crippen molar-refractivity contribution in [3.63, 3.8) is 0 Å². The molecule has 9 heteroatoms. The van der Waals surface area contributed by atoms with Gasteiger partial charge >= 0.3 is 0 Å². The lowest BCUT2D eigenvalue weighted by Gasteiger charge is -2.22. The third-order valence-corrected chi connectivity index (χ3v) is 5.19. The van der Waals surface area contributed by atoms with E-state index in [-0.39, 0.29) is 23.5 Å². The minimum absolute atomic E-state index is 0.119. The van der Waals surface area contributed by atoms with E-state index < -0.39 is 0 Å². The molecule has 27 heavy (non-hydrogen) atoms. The molecule has 0 atom stereocenters. The molecule has 0 radical (unpaired) electrons. The van der Waals surface area contributed by atoms with Crippen LogP contribution < -0.4 is 15.3 Å². The van der Waals surface area contributed by atoms with Crippen molar-refractivity contribution in [1.82, 2.24) is 4.90 Å². The van der Waals surface area contributed by atoms with Gasteiger partial charge in [0, 0.05) is 5.69 Å². The van der Waals surface area contributed by atoms with Crippen LogP contribution in [0.2, 0.25) is 0 Å². The summed E-state index contributed by atoms with van der Waals surface area (Å²) in [6, 6.07) is 13.6. The molecule has 1 fully saturated rings. The highest BCUT2D eigenvalue weighted by atomic mass is 32.2. The Labute approximate surface area is 165 Å². The zero-order chi connectivity index (χ0) is 19.4. The number of ether oxygens (including phenoxy) is 1. The van der Waals surface area contributed by atoms with Crippen molar-refractivity contribution in [1.29, 1.82) is 0 Å². The van der Waals surface area contributed by atoms with Gasteiger partial charge in [0.1, 0.15) is 10.1 Å². The van der Waals surface area contributed by atoms with Gasteiger partial charge in [-0.05, 0) is 48.0 Å². The van der Waals surface area contributed by atoms with Crippen molar-refractivity contribution in [2.45, 2.75) is 0 Å². The number of methoxy groups -OCH3 is 1. The molecule has 1 amide bonds. The number of rotatable bonds is 6. The SMILES string of the molecule is COc1ccc(C=C2SC(=S)N(CNc3ccc(N([O-])O)cc3)C2=O)cc1. The van der Waals surface area contributed by atoms with E-state index in [1.54, 1.807) is 25.3 Å². The Balaban J connectivity index is 1.65. The monoisotopic (exact) mass is 402 g/mol. The molecule has 0 saturated carbocycles. The van der Waals surface area contributed by atoms with Crippen molar-refractivity contribution < 1.29 is 14.7 Å². The van der Waals surface area contributed by atoms with Gasteiger partial charge in [-0.1, -0.05) is 36.1 Å². The Morgan fingerprint density at radius 2 is 1.93 bits per heavy atom. The number of carbonyl (C=O) groups excluding carboxylic acids is 1. The number of nitrogens with one attached hydrogen (secondary N) is 1. The van der Waals surface area contributed by atoms with Gasteiger partial charge in [-0.25, -0.2) is 0 Å². The molecule has 2 N–H and O–H groups in total. The quantitative estimate of drug-likeness (QED) is 0.430. The van der Waals surface area contributed by atoms with Gasteiger partial charge in [-0.15, -0.1) is 0 Å². The topological polar surface area (TPSA) is 88.1 Å². The van der Waals surface area contributed by atoms with Gasteiger partial charge in [0.25, 0.3) is 5.91 Å². The summed E-state index contributed by atoms with van der Waals surface area (Å²) in [6.07, 6.45) is 1.79. The normalized spacial score (nSPS) is 15.4. The molecule has 2 aromatic rings. The molecule has 0 aromatic heterocycles. The number of benzene rings is 2. The Hall–Kier alpha value is -2.59. The summed E-state index contributed by atoms with van der Waals surface area (Å²) < 4.78 is 5.59. The van der Waals surface area contributed by atoms with Gasteiger partial charge in [0.15, 0.2) is 0 Å². The van der Waals surface area contributed by atoms with E-state index >= 15 is 0 Å². The van der Waals surface area contributed by atoms with E-state index in [1.165, 1.54) is 28.8 Å². The van der Waals surface area contributed by atoms with Gasteiger partial charge in [-0.2, -0.15) is 0 Å². The molecule has 0 spiro atoms. The smallest absolute Gasteiger partial charge is 0.267 e. The average molecular weight is 402 g/mol. The molecular weight excluding hydrogens is 386 g/mol. The molecule has 3 rings (SSSR count). The first kappa shape index (κ1) is 19.2. The number of nitrogens with zero attached hydrogens (tertiary/aromatic N) is 2. The van der Waals surface area contributed by atoms with Crippen molar-refractivity contribution in [3.8, 4) is 5.75 Å². The van der Waals surface area contributed by atoms with Gasteiger partial charge < -0.3 is 20.5 Å². The fourth-order valence-corrected chi connectivity index (χ4v) is 3.62. The van der Waals surface area contributed by atoms with Crippen LogP contribution in [0.15, 0.2) is 53.4 Å². The molecule has 0 bridgehead atoms. The van der Waals surface area contributed by atoms with E-state index in [2.05, 4.69) is 5.32 Å². The number of hydrogen-bond donors (Lipinski definition) is 2. The fraction of sp³-hybridized carbons (Fsp3) is 0.111. The third-order valence-electron chi connectivity index (χ3n) is 3.82. The summed E-state index contributed by atoms with van der Waals surface area (Å²) in [4.78, 5) is 14.6. The van der Waals surface area contributed by atoms with Crippen LogP contribution in [0.1, 0.15) is 5.56 Å². The number of amides is 1. The van der Waals surface area contributed by atoms with E-state index in [1.807, 2.05) is 24.3 Å². The first-order valence-corrected chi connectivity index (χ1v) is 9.10. The van der Waals surface area contributed by atoms with Crippen LogP contribution >= 0.6 is 24.0 Å². The standard InChI is InChI=1S/C18H16N3O4S2/c1-25-15-8-2-12(3-9-15)10-16-17(22)20(18(26)27-16)11-19-13-4-6-14(7-5-13)21(23)24/h2-10,19,23H,11H2,1H3/q-1. The molecule has 1 aliphatic rings. The van der Waals surface area contributed by atoms with Gasteiger partial charge in [0.2, 0.25) is 0 Å². The van der Waals surface area contributed by atoms with E-state index in [4.69, 9.17) is 22.2 Å². The first-order valence-electron chi connectivity index (χ1n) is 7.87. The zero-order valence-electron chi connectivity index (χ0n) is 14.3. The van der Waals surface area contributed by atoms with E-state index in [0.717, 1.165) is 11.3 Å². The molecule has 7 nitrogen and oxygen atoms in total. The van der Waals surface area contributed by atoms with Crippen LogP contribution in [-0.2, 0) is 4.79 Å². The molecule has 1 heterocycles. The third kappa shape index (κ3) is 4.58. The highest BCUT2D eigenvalue weighted by molar-refractivity contribution is 8.26. The highest BCUT2D eigenvalue weighted by Crippen LogP contribution is 2.32. The lowest BCUT2D eigenvalue weighted by atomic mass is 10.2. The van der Waals surface area contributed by atoms with Crippen LogP contribution in [-0.4, -0.2) is 34.1 Å². The second kappa shape index (κ2) is 8.40. The maximum Gasteiger partial charge on any atom is 0.267 e. The van der Waals surface area contributed by atoms with Crippen LogP contribution in [0.5, 0.6) is 5.75 Å². The maximum atomic E-state index is 12.6. The largest absolute Gasteiger partial charge is 0.733 e. The fourth-order valence-electron chi connectivity index (χ4n) is 2.36. The lowest BCUT2D eigenvalue weighted by molar-refractivity contribution is -0.121. The Morgan fingerprint density at radius 1 is 1.26 bits per heavy atom. The van der Waals surface area contributed by atoms with Crippen LogP contribution in [0.25, 0.3) is 6.08 Å². The number of carbonyl (C=O) groups is 1. The van der Waals surface area contributed by atoms with E-state index in [9.17, 15) is 10.0 Å². The van der Waals surface area contributed by atoms with E-state index in [0.29, 0.717) is 14.9 Å². The first-order chi connectivity index (χ1) is 13.0. The Bertz CT molecular complexity index is 867. The summed E-state index contributed by atoms with van der Waals surface area (Å²) in [5, 5.41) is 22.5. The molecule has 140 valence electrons. The molecule has 2 aromatic carbocycles. The number of thioether (sulfide) groups is 1. The van der Waals surface area contributed by atoms with Crippen molar-refractivity contribution in [3.05, 3.63) is 64.2 Å². The molecule has 0 unspecified atom stereocenters. The second-order valence-corrected chi connectivity index (χ2v) is 7.21. The number of hydrogen-bond acceptors (Lipinski definition) is 8. The summed E-state index contributed by atoms with van der Waals surface area (Å²) >= 11 is 6.55.